The molecule has 7 heteroatoms. The molecule has 152 valence electrons. The van der Waals surface area contributed by atoms with Gasteiger partial charge in [0.25, 0.3) is 11.8 Å². The van der Waals surface area contributed by atoms with Gasteiger partial charge in [0.15, 0.2) is 0 Å². The lowest BCUT2D eigenvalue weighted by Crippen LogP contribution is -2.50. The van der Waals surface area contributed by atoms with Gasteiger partial charge < -0.3 is 14.5 Å². The molecule has 1 saturated carbocycles. The van der Waals surface area contributed by atoms with Gasteiger partial charge in [0.2, 0.25) is 0 Å². The minimum absolute atomic E-state index is 0.0931. The van der Waals surface area contributed by atoms with Gasteiger partial charge in [-0.1, -0.05) is 29.8 Å². The van der Waals surface area contributed by atoms with E-state index in [9.17, 15) is 14.0 Å². The van der Waals surface area contributed by atoms with E-state index in [0.29, 0.717) is 37.5 Å². The largest absolute Gasteiger partial charge is 0.490 e. The maximum Gasteiger partial charge on any atom is 0.258 e. The predicted octanol–water partition coefficient (Wildman–Crippen LogP) is 4.01. The first-order valence-electron chi connectivity index (χ1n) is 9.83. The molecule has 5 nitrogen and oxygen atoms in total. The van der Waals surface area contributed by atoms with Gasteiger partial charge in [-0.3, -0.25) is 9.59 Å². The second-order valence-electron chi connectivity index (χ2n) is 7.35. The highest BCUT2D eigenvalue weighted by molar-refractivity contribution is 6.33. The lowest BCUT2D eigenvalue weighted by atomic mass is 9.96. The van der Waals surface area contributed by atoms with Crippen LogP contribution in [0.2, 0.25) is 5.02 Å². The zero-order valence-corrected chi connectivity index (χ0v) is 16.7. The minimum Gasteiger partial charge on any atom is -0.490 e. The summed E-state index contributed by atoms with van der Waals surface area (Å²) in [7, 11) is 0. The number of hydrogen-bond donors (Lipinski definition) is 0. The quantitative estimate of drug-likeness (QED) is 0.756. The average Bonchev–Trinajstić information content (AvgIpc) is 2.70. The number of benzene rings is 2. The maximum absolute atomic E-state index is 14.1. The number of piperazine rings is 1. The summed E-state index contributed by atoms with van der Waals surface area (Å²) in [6.07, 6.45) is 3.37. The molecular weight excluding hydrogens is 395 g/mol. The lowest BCUT2D eigenvalue weighted by Gasteiger charge is -2.35. The molecular formula is C22H22ClFN2O3. The zero-order chi connectivity index (χ0) is 20.4. The molecule has 2 amide bonds. The second-order valence-corrected chi connectivity index (χ2v) is 7.76. The van der Waals surface area contributed by atoms with E-state index < -0.39 is 11.7 Å². The number of amides is 2. The Labute approximate surface area is 174 Å². The van der Waals surface area contributed by atoms with E-state index in [-0.39, 0.29) is 22.6 Å². The highest BCUT2D eigenvalue weighted by Gasteiger charge is 2.29. The second kappa shape index (κ2) is 8.41. The van der Waals surface area contributed by atoms with Gasteiger partial charge in [-0.25, -0.2) is 4.39 Å². The van der Waals surface area contributed by atoms with Crippen LogP contribution in [0, 0.1) is 5.82 Å². The lowest BCUT2D eigenvalue weighted by molar-refractivity contribution is 0.0525. The van der Waals surface area contributed by atoms with Crippen molar-refractivity contribution in [1.82, 2.24) is 9.80 Å². The SMILES string of the molecule is O=C(c1ccccc1OC1CCC1)N1CCN(C(=O)c2c(F)cccc2Cl)CC1. The van der Waals surface area contributed by atoms with Gasteiger partial charge in [-0.2, -0.15) is 0 Å². The molecule has 4 rings (SSSR count). The van der Waals surface area contributed by atoms with Crippen LogP contribution in [0.4, 0.5) is 4.39 Å². The Morgan fingerprint density at radius 1 is 0.931 bits per heavy atom. The standard InChI is InChI=1S/C22H22ClFN2O3/c23-17-8-4-9-18(24)20(17)22(28)26-13-11-25(12-14-26)21(27)16-7-1-2-10-19(16)29-15-5-3-6-15/h1-2,4,7-10,15H,3,5-6,11-14H2. The fourth-order valence-electron chi connectivity index (χ4n) is 3.56. The van der Waals surface area contributed by atoms with Gasteiger partial charge in [-0.05, 0) is 43.5 Å². The van der Waals surface area contributed by atoms with Crippen molar-refractivity contribution >= 4 is 23.4 Å². The van der Waals surface area contributed by atoms with E-state index in [1.807, 2.05) is 18.2 Å². The van der Waals surface area contributed by atoms with Gasteiger partial charge in [0.05, 0.1) is 22.3 Å². The molecule has 1 heterocycles. The number of ether oxygens (including phenoxy) is 1. The Morgan fingerprint density at radius 2 is 1.59 bits per heavy atom. The van der Waals surface area contributed by atoms with Crippen molar-refractivity contribution in [3.8, 4) is 5.75 Å². The number of carbonyl (C=O) groups is 2. The Bertz CT molecular complexity index is 904. The number of hydrogen-bond acceptors (Lipinski definition) is 3. The molecule has 2 fully saturated rings. The maximum atomic E-state index is 14.1. The van der Waals surface area contributed by atoms with Crippen molar-refractivity contribution in [2.75, 3.05) is 26.2 Å². The Kier molecular flexibility index (Phi) is 5.72. The Hall–Kier alpha value is -2.60. The van der Waals surface area contributed by atoms with Crippen LogP contribution in [-0.2, 0) is 0 Å². The molecule has 2 aromatic carbocycles. The normalized spacial score (nSPS) is 17.0. The van der Waals surface area contributed by atoms with Gasteiger partial charge in [0, 0.05) is 26.2 Å². The summed E-state index contributed by atoms with van der Waals surface area (Å²) in [6, 6.07) is 11.5. The highest BCUT2D eigenvalue weighted by atomic mass is 35.5. The highest BCUT2D eigenvalue weighted by Crippen LogP contribution is 2.28. The zero-order valence-electron chi connectivity index (χ0n) is 15.9. The summed E-state index contributed by atoms with van der Waals surface area (Å²) < 4.78 is 20.0. The fraction of sp³-hybridized carbons (Fsp3) is 0.364. The average molecular weight is 417 g/mol. The van der Waals surface area contributed by atoms with Crippen molar-refractivity contribution in [2.45, 2.75) is 25.4 Å². The predicted molar refractivity (Wildman–Crippen MR) is 108 cm³/mol. The molecule has 0 unspecified atom stereocenters. The van der Waals surface area contributed by atoms with Crippen LogP contribution >= 0.6 is 11.6 Å². The summed E-state index contributed by atoms with van der Waals surface area (Å²) in [6.45, 7) is 1.38. The summed E-state index contributed by atoms with van der Waals surface area (Å²) in [5.41, 5.74) is 0.421. The first-order valence-corrected chi connectivity index (χ1v) is 10.2. The van der Waals surface area contributed by atoms with Gasteiger partial charge >= 0.3 is 0 Å². The van der Waals surface area contributed by atoms with E-state index in [2.05, 4.69) is 0 Å². The van der Waals surface area contributed by atoms with Crippen molar-refractivity contribution < 1.29 is 18.7 Å². The summed E-state index contributed by atoms with van der Waals surface area (Å²) in [4.78, 5) is 28.9. The van der Waals surface area contributed by atoms with Crippen molar-refractivity contribution in [2.24, 2.45) is 0 Å². The number of rotatable bonds is 4. The molecule has 1 saturated heterocycles. The number of carbonyl (C=O) groups excluding carboxylic acids is 2. The van der Waals surface area contributed by atoms with Crippen molar-refractivity contribution in [3.05, 3.63) is 64.4 Å². The van der Waals surface area contributed by atoms with Crippen LogP contribution in [0.1, 0.15) is 40.0 Å². The molecule has 0 spiro atoms. The third-order valence-corrected chi connectivity index (χ3v) is 5.81. The molecule has 0 bridgehead atoms. The van der Waals surface area contributed by atoms with Crippen molar-refractivity contribution in [1.29, 1.82) is 0 Å². The summed E-state index contributed by atoms with van der Waals surface area (Å²) >= 11 is 6.01. The Morgan fingerprint density at radius 3 is 2.21 bits per heavy atom. The van der Waals surface area contributed by atoms with E-state index in [4.69, 9.17) is 16.3 Å². The number of para-hydroxylation sites is 1. The first-order chi connectivity index (χ1) is 14.0. The number of nitrogens with zero attached hydrogens (tertiary/aromatic N) is 2. The van der Waals surface area contributed by atoms with Crippen LogP contribution in [0.15, 0.2) is 42.5 Å². The molecule has 2 aliphatic rings. The minimum atomic E-state index is -0.636. The van der Waals surface area contributed by atoms with E-state index >= 15 is 0 Å². The Balaban J connectivity index is 1.42. The molecule has 0 aromatic heterocycles. The van der Waals surface area contributed by atoms with Crippen LogP contribution in [0.25, 0.3) is 0 Å². The van der Waals surface area contributed by atoms with Gasteiger partial charge in [-0.15, -0.1) is 0 Å². The summed E-state index contributed by atoms with van der Waals surface area (Å²) in [5.74, 6) is -0.591. The van der Waals surface area contributed by atoms with E-state index in [0.717, 1.165) is 19.3 Å². The summed E-state index contributed by atoms with van der Waals surface area (Å²) in [5, 5.41) is 0.0931. The smallest absolute Gasteiger partial charge is 0.258 e. The number of halogens is 2. The molecule has 1 aliphatic carbocycles. The molecule has 29 heavy (non-hydrogen) atoms. The van der Waals surface area contributed by atoms with Crippen LogP contribution in [0.5, 0.6) is 5.75 Å². The molecule has 2 aromatic rings. The van der Waals surface area contributed by atoms with E-state index in [1.54, 1.807) is 11.0 Å². The third kappa shape index (κ3) is 4.08. The van der Waals surface area contributed by atoms with Gasteiger partial charge in [0.1, 0.15) is 11.6 Å². The molecule has 1 aliphatic heterocycles. The fourth-order valence-corrected chi connectivity index (χ4v) is 3.80. The molecule has 0 radical (unpaired) electrons. The van der Waals surface area contributed by atoms with E-state index in [1.165, 1.54) is 23.1 Å². The van der Waals surface area contributed by atoms with Crippen molar-refractivity contribution in [3.63, 3.8) is 0 Å². The monoisotopic (exact) mass is 416 g/mol. The molecule has 0 atom stereocenters. The third-order valence-electron chi connectivity index (χ3n) is 5.49. The topological polar surface area (TPSA) is 49.9 Å². The van der Waals surface area contributed by atoms with Crippen LogP contribution < -0.4 is 4.74 Å². The van der Waals surface area contributed by atoms with Crippen LogP contribution in [-0.4, -0.2) is 53.9 Å². The first kappa shape index (κ1) is 19.7. The molecule has 0 N–H and O–H groups in total. The van der Waals surface area contributed by atoms with Crippen LogP contribution in [0.3, 0.4) is 0 Å².